The normalized spacial score (nSPS) is 38.1. The van der Waals surface area contributed by atoms with Crippen molar-refractivity contribution in [1.82, 2.24) is 0 Å². The number of imide groups is 1. The lowest BCUT2D eigenvalue weighted by Gasteiger charge is -2.37. The molecule has 1 aromatic rings. The first-order valence-corrected chi connectivity index (χ1v) is 8.41. The molecule has 1 aliphatic heterocycles. The molecule has 1 saturated heterocycles. The average molecular weight is 323 g/mol. The van der Waals surface area contributed by atoms with Crippen LogP contribution in [0.5, 0.6) is 5.75 Å². The average Bonchev–Trinajstić information content (AvgIpc) is 3.31. The molecule has 5 heteroatoms. The van der Waals surface area contributed by atoms with Crippen molar-refractivity contribution in [3.8, 4) is 5.75 Å². The van der Waals surface area contributed by atoms with Gasteiger partial charge in [-0.15, -0.1) is 0 Å². The van der Waals surface area contributed by atoms with E-state index < -0.39 is 5.97 Å². The van der Waals surface area contributed by atoms with Gasteiger partial charge in [0.15, 0.2) is 0 Å². The maximum atomic E-state index is 13.0. The lowest BCUT2D eigenvalue weighted by Crippen LogP contribution is -2.40. The van der Waals surface area contributed by atoms with Crippen LogP contribution >= 0.6 is 0 Å². The number of allylic oxidation sites excluding steroid dienone is 2. The highest BCUT2D eigenvalue weighted by molar-refractivity contribution is 6.22. The van der Waals surface area contributed by atoms with Crippen LogP contribution in [0.3, 0.4) is 0 Å². The first-order chi connectivity index (χ1) is 11.6. The van der Waals surface area contributed by atoms with Gasteiger partial charge < -0.3 is 4.74 Å². The van der Waals surface area contributed by atoms with Gasteiger partial charge in [-0.2, -0.15) is 0 Å². The quantitative estimate of drug-likeness (QED) is 0.362. The minimum Gasteiger partial charge on any atom is -0.427 e. The smallest absolute Gasteiger partial charge is 0.308 e. The Morgan fingerprint density at radius 3 is 2.29 bits per heavy atom. The van der Waals surface area contributed by atoms with Crippen molar-refractivity contribution in [2.75, 3.05) is 4.90 Å². The van der Waals surface area contributed by atoms with Crippen LogP contribution in [0.15, 0.2) is 36.4 Å². The van der Waals surface area contributed by atoms with E-state index in [-0.39, 0.29) is 35.5 Å². The number of anilines is 1. The summed E-state index contributed by atoms with van der Waals surface area (Å²) in [4.78, 5) is 38.4. The number of rotatable bonds is 2. The van der Waals surface area contributed by atoms with Crippen LogP contribution in [0.4, 0.5) is 5.69 Å². The first kappa shape index (κ1) is 14.0. The van der Waals surface area contributed by atoms with Gasteiger partial charge in [-0.25, -0.2) is 4.90 Å². The molecular weight excluding hydrogens is 306 g/mol. The van der Waals surface area contributed by atoms with Crippen LogP contribution in [0.2, 0.25) is 0 Å². The van der Waals surface area contributed by atoms with E-state index >= 15 is 0 Å². The van der Waals surface area contributed by atoms with E-state index in [2.05, 4.69) is 12.2 Å². The van der Waals surface area contributed by atoms with Gasteiger partial charge in [-0.1, -0.05) is 18.2 Å². The highest BCUT2D eigenvalue weighted by atomic mass is 16.5. The summed E-state index contributed by atoms with van der Waals surface area (Å²) in [5.74, 6) is 0.884. The fourth-order valence-electron chi connectivity index (χ4n) is 5.06. The predicted octanol–water partition coefficient (Wildman–Crippen LogP) is 2.17. The lowest BCUT2D eigenvalue weighted by atomic mass is 9.63. The maximum Gasteiger partial charge on any atom is 0.308 e. The Kier molecular flexibility index (Phi) is 2.65. The highest BCUT2D eigenvalue weighted by Crippen LogP contribution is 2.65. The fourth-order valence-corrected chi connectivity index (χ4v) is 5.06. The Hall–Kier alpha value is -2.43. The summed E-state index contributed by atoms with van der Waals surface area (Å²) in [6.07, 6.45) is 5.46. The van der Waals surface area contributed by atoms with Gasteiger partial charge in [-0.05, 0) is 42.2 Å². The molecule has 2 saturated carbocycles. The maximum absolute atomic E-state index is 13.0. The Morgan fingerprint density at radius 1 is 1.08 bits per heavy atom. The van der Waals surface area contributed by atoms with Crippen LogP contribution < -0.4 is 9.64 Å². The summed E-state index contributed by atoms with van der Waals surface area (Å²) in [5.41, 5.74) is 0.492. The van der Waals surface area contributed by atoms with Crippen LogP contribution in [-0.2, 0) is 14.4 Å². The minimum absolute atomic E-state index is 0.102. The van der Waals surface area contributed by atoms with Crippen molar-refractivity contribution in [3.63, 3.8) is 0 Å². The van der Waals surface area contributed by atoms with Gasteiger partial charge in [0, 0.05) is 13.0 Å². The van der Waals surface area contributed by atoms with Crippen molar-refractivity contribution >= 4 is 23.5 Å². The molecule has 5 nitrogen and oxygen atoms in total. The summed E-state index contributed by atoms with van der Waals surface area (Å²) in [6, 6.07) is 6.64. The molecule has 0 unspecified atom stereocenters. The third kappa shape index (κ3) is 1.72. The number of carbonyl (C=O) groups excluding carboxylic acids is 3. The van der Waals surface area contributed by atoms with E-state index in [1.165, 1.54) is 11.8 Å². The van der Waals surface area contributed by atoms with E-state index in [0.717, 1.165) is 6.42 Å². The molecule has 0 aromatic heterocycles. The monoisotopic (exact) mass is 323 g/mol. The van der Waals surface area contributed by atoms with Crippen molar-refractivity contribution in [1.29, 1.82) is 0 Å². The molecular formula is C19H17NO4. The van der Waals surface area contributed by atoms with Gasteiger partial charge in [0.25, 0.3) is 0 Å². The number of nitrogens with zero attached hydrogens (tertiary/aromatic N) is 1. The Bertz CT molecular complexity index is 777. The third-order valence-electron chi connectivity index (χ3n) is 6.00. The number of esters is 1. The molecule has 3 fully saturated rings. The van der Waals surface area contributed by atoms with E-state index in [1.807, 2.05) is 0 Å². The topological polar surface area (TPSA) is 63.7 Å². The SMILES string of the molecule is CC(=O)Oc1cccc(N2C(=O)[C@@H]3[C@H]4C=C[C@H]([C@H]5C[C@H]45)[C@@H]3C2=O)c1. The summed E-state index contributed by atoms with van der Waals surface area (Å²) >= 11 is 0. The summed E-state index contributed by atoms with van der Waals surface area (Å²) in [7, 11) is 0. The molecule has 2 amide bonds. The van der Waals surface area contributed by atoms with Gasteiger partial charge in [0.05, 0.1) is 17.5 Å². The number of benzene rings is 1. The number of ether oxygens (including phenoxy) is 1. The van der Waals surface area contributed by atoms with Gasteiger partial charge in [0.2, 0.25) is 11.8 Å². The minimum atomic E-state index is -0.428. The van der Waals surface area contributed by atoms with E-state index in [1.54, 1.807) is 24.3 Å². The number of amides is 2. The molecule has 0 spiro atoms. The van der Waals surface area contributed by atoms with E-state index in [4.69, 9.17) is 4.74 Å². The van der Waals surface area contributed by atoms with Crippen molar-refractivity contribution in [2.45, 2.75) is 13.3 Å². The van der Waals surface area contributed by atoms with Crippen LogP contribution in [0.1, 0.15) is 13.3 Å². The summed E-state index contributed by atoms with van der Waals surface area (Å²) in [5, 5.41) is 0. The van der Waals surface area contributed by atoms with Crippen molar-refractivity contribution in [3.05, 3.63) is 36.4 Å². The molecule has 5 aliphatic rings. The van der Waals surface area contributed by atoms with E-state index in [9.17, 15) is 14.4 Å². The highest BCUT2D eigenvalue weighted by Gasteiger charge is 2.67. The number of hydrogen-bond donors (Lipinski definition) is 0. The van der Waals surface area contributed by atoms with Gasteiger partial charge in [0.1, 0.15) is 5.75 Å². The second-order valence-electron chi connectivity index (χ2n) is 7.26. The third-order valence-corrected chi connectivity index (χ3v) is 6.00. The predicted molar refractivity (Wildman–Crippen MR) is 84.9 cm³/mol. The molecule has 1 heterocycles. The Balaban J connectivity index is 1.51. The molecule has 6 atom stereocenters. The van der Waals surface area contributed by atoms with Crippen molar-refractivity contribution < 1.29 is 19.1 Å². The standard InChI is InChI=1S/C19H17NO4/c1-9(21)24-11-4-2-3-10(7-11)20-18(22)16-12-5-6-13(15-8-14(12)15)17(16)19(20)23/h2-7,12-17H,8H2,1H3/t12-,13+,14-,15-,16+,17-/m1/s1. The van der Waals surface area contributed by atoms with Crippen LogP contribution in [-0.4, -0.2) is 17.8 Å². The second kappa shape index (κ2) is 4.56. The molecule has 4 aliphatic carbocycles. The zero-order valence-corrected chi connectivity index (χ0v) is 13.2. The second-order valence-corrected chi connectivity index (χ2v) is 7.26. The summed E-state index contributed by atoms with van der Waals surface area (Å²) < 4.78 is 5.08. The van der Waals surface area contributed by atoms with Gasteiger partial charge >= 0.3 is 5.97 Å². The molecule has 0 N–H and O–H groups in total. The van der Waals surface area contributed by atoms with Crippen LogP contribution in [0.25, 0.3) is 0 Å². The molecule has 6 rings (SSSR count). The zero-order valence-electron chi connectivity index (χ0n) is 13.2. The molecule has 24 heavy (non-hydrogen) atoms. The number of carbonyl (C=O) groups is 3. The molecule has 122 valence electrons. The zero-order chi connectivity index (χ0) is 16.6. The van der Waals surface area contributed by atoms with Gasteiger partial charge in [-0.3, -0.25) is 14.4 Å². The Labute approximate surface area is 139 Å². The summed E-state index contributed by atoms with van der Waals surface area (Å²) in [6.45, 7) is 1.32. The lowest BCUT2D eigenvalue weighted by molar-refractivity contribution is -0.132. The molecule has 2 bridgehead atoms. The van der Waals surface area contributed by atoms with Crippen LogP contribution in [0, 0.1) is 35.5 Å². The fraction of sp³-hybridized carbons (Fsp3) is 0.421. The molecule has 0 radical (unpaired) electrons. The number of hydrogen-bond acceptors (Lipinski definition) is 4. The molecule has 1 aromatic carbocycles. The largest absolute Gasteiger partial charge is 0.427 e. The van der Waals surface area contributed by atoms with Crippen molar-refractivity contribution in [2.24, 2.45) is 35.5 Å². The first-order valence-electron chi connectivity index (χ1n) is 8.41. The Morgan fingerprint density at radius 2 is 1.71 bits per heavy atom. The van der Waals surface area contributed by atoms with E-state index in [0.29, 0.717) is 23.3 Å².